The van der Waals surface area contributed by atoms with Gasteiger partial charge in [-0.05, 0) is 37.1 Å². The van der Waals surface area contributed by atoms with Crippen LogP contribution in [0.1, 0.15) is 36.2 Å². The predicted octanol–water partition coefficient (Wildman–Crippen LogP) is 2.44. The highest BCUT2D eigenvalue weighted by atomic mass is 16.3. The second-order valence-corrected chi connectivity index (χ2v) is 5.73. The normalized spacial score (nSPS) is 20.7. The summed E-state index contributed by atoms with van der Waals surface area (Å²) in [7, 11) is 0. The Kier molecular flexibility index (Phi) is 4.83. The number of carbonyl (C=O) groups is 1. The minimum atomic E-state index is -0.355. The molecule has 120 valence electrons. The van der Waals surface area contributed by atoms with E-state index in [0.29, 0.717) is 11.5 Å². The molecule has 0 saturated heterocycles. The van der Waals surface area contributed by atoms with Gasteiger partial charge in [-0.2, -0.15) is 0 Å². The first-order chi connectivity index (χ1) is 11.2. The molecular formula is C17H20N4O2. The van der Waals surface area contributed by atoms with E-state index in [0.717, 1.165) is 25.7 Å². The van der Waals surface area contributed by atoms with Crippen molar-refractivity contribution in [2.75, 3.05) is 10.6 Å². The molecule has 23 heavy (non-hydrogen) atoms. The highest BCUT2D eigenvalue weighted by Gasteiger charge is 2.23. The van der Waals surface area contributed by atoms with Crippen molar-refractivity contribution in [3.63, 3.8) is 0 Å². The van der Waals surface area contributed by atoms with Crippen LogP contribution >= 0.6 is 0 Å². The minimum absolute atomic E-state index is 0.00189. The van der Waals surface area contributed by atoms with Gasteiger partial charge in [0.05, 0.1) is 12.1 Å². The number of aromatic nitrogens is 2. The van der Waals surface area contributed by atoms with Gasteiger partial charge in [-0.15, -0.1) is 10.2 Å². The number of nitrogens with zero attached hydrogens (tertiary/aromatic N) is 2. The monoisotopic (exact) mass is 312 g/mol. The van der Waals surface area contributed by atoms with E-state index in [2.05, 4.69) is 20.8 Å². The summed E-state index contributed by atoms with van der Waals surface area (Å²) in [6.07, 6.45) is 3.53. The number of amides is 1. The third-order valence-corrected chi connectivity index (χ3v) is 3.99. The second-order valence-electron chi connectivity index (χ2n) is 5.73. The van der Waals surface area contributed by atoms with E-state index in [9.17, 15) is 9.90 Å². The number of nitrogens with one attached hydrogen (secondary N) is 2. The lowest BCUT2D eigenvalue weighted by atomic mass is 9.93. The lowest BCUT2D eigenvalue weighted by molar-refractivity contribution is 0.102. The first kappa shape index (κ1) is 15.4. The van der Waals surface area contributed by atoms with Gasteiger partial charge in [-0.1, -0.05) is 31.0 Å². The summed E-state index contributed by atoms with van der Waals surface area (Å²) >= 11 is 0. The summed E-state index contributed by atoms with van der Waals surface area (Å²) in [5.41, 5.74) is 0.968. The average Bonchev–Trinajstić information content (AvgIpc) is 2.58. The van der Waals surface area contributed by atoms with Gasteiger partial charge in [0.2, 0.25) is 0 Å². The second kappa shape index (κ2) is 7.19. The van der Waals surface area contributed by atoms with Crippen LogP contribution in [0.15, 0.2) is 42.5 Å². The molecule has 1 aromatic carbocycles. The van der Waals surface area contributed by atoms with Gasteiger partial charge >= 0.3 is 0 Å². The van der Waals surface area contributed by atoms with Gasteiger partial charge in [0.1, 0.15) is 5.82 Å². The van der Waals surface area contributed by atoms with Crippen molar-refractivity contribution in [1.82, 2.24) is 10.2 Å². The number of anilines is 2. The fourth-order valence-corrected chi connectivity index (χ4v) is 2.72. The first-order valence-electron chi connectivity index (χ1n) is 7.87. The molecule has 1 aromatic heterocycles. The van der Waals surface area contributed by atoms with Gasteiger partial charge in [0, 0.05) is 5.69 Å². The largest absolute Gasteiger partial charge is 0.391 e. The van der Waals surface area contributed by atoms with Crippen LogP contribution in [0, 0.1) is 0 Å². The molecule has 0 radical (unpaired) electrons. The fourth-order valence-electron chi connectivity index (χ4n) is 2.72. The molecule has 3 N–H and O–H groups in total. The molecule has 0 spiro atoms. The van der Waals surface area contributed by atoms with Gasteiger partial charge < -0.3 is 15.7 Å². The van der Waals surface area contributed by atoms with Crippen molar-refractivity contribution in [3.8, 4) is 0 Å². The van der Waals surface area contributed by atoms with E-state index < -0.39 is 0 Å². The Bertz CT molecular complexity index is 645. The maximum absolute atomic E-state index is 12.1. The highest BCUT2D eigenvalue weighted by Crippen LogP contribution is 2.21. The van der Waals surface area contributed by atoms with E-state index in [-0.39, 0.29) is 23.7 Å². The van der Waals surface area contributed by atoms with Crippen molar-refractivity contribution in [1.29, 1.82) is 0 Å². The van der Waals surface area contributed by atoms with Crippen LogP contribution in [-0.4, -0.2) is 33.4 Å². The smallest absolute Gasteiger partial charge is 0.276 e. The van der Waals surface area contributed by atoms with Crippen LogP contribution in [0.5, 0.6) is 0 Å². The summed E-state index contributed by atoms with van der Waals surface area (Å²) in [5, 5.41) is 23.9. The molecule has 0 bridgehead atoms. The predicted molar refractivity (Wildman–Crippen MR) is 88.3 cm³/mol. The zero-order valence-corrected chi connectivity index (χ0v) is 12.8. The molecule has 1 heterocycles. The molecule has 2 atom stereocenters. The van der Waals surface area contributed by atoms with Gasteiger partial charge in [-0.3, -0.25) is 4.79 Å². The molecule has 1 aliphatic rings. The summed E-state index contributed by atoms with van der Waals surface area (Å²) < 4.78 is 0. The number of hydrogen-bond acceptors (Lipinski definition) is 5. The molecule has 6 heteroatoms. The third-order valence-electron chi connectivity index (χ3n) is 3.99. The SMILES string of the molecule is O=C(Nc1ccccc1)c1ccc(N[C@H]2CCCC[C@@H]2O)nn1. The molecule has 1 amide bonds. The number of aliphatic hydroxyl groups is 1. The molecule has 3 rings (SSSR count). The van der Waals surface area contributed by atoms with Crippen LogP contribution in [0.2, 0.25) is 0 Å². The Morgan fingerprint density at radius 1 is 1.04 bits per heavy atom. The number of rotatable bonds is 4. The van der Waals surface area contributed by atoms with Gasteiger partial charge in [0.15, 0.2) is 5.69 Å². The van der Waals surface area contributed by atoms with Crippen LogP contribution in [0.25, 0.3) is 0 Å². The highest BCUT2D eigenvalue weighted by molar-refractivity contribution is 6.02. The third kappa shape index (κ3) is 4.04. The molecular weight excluding hydrogens is 292 g/mol. The Balaban J connectivity index is 1.61. The maximum Gasteiger partial charge on any atom is 0.276 e. The Morgan fingerprint density at radius 3 is 2.52 bits per heavy atom. The Hall–Kier alpha value is -2.47. The quantitative estimate of drug-likeness (QED) is 0.807. The number of benzene rings is 1. The van der Waals surface area contributed by atoms with Crippen LogP contribution in [0.3, 0.4) is 0 Å². The molecule has 1 saturated carbocycles. The van der Waals surface area contributed by atoms with E-state index in [1.54, 1.807) is 12.1 Å². The van der Waals surface area contributed by atoms with E-state index in [1.165, 1.54) is 0 Å². The lowest BCUT2D eigenvalue weighted by Crippen LogP contribution is -2.36. The number of aliphatic hydroxyl groups excluding tert-OH is 1. The molecule has 1 aliphatic carbocycles. The molecule has 6 nitrogen and oxygen atoms in total. The maximum atomic E-state index is 12.1. The standard InChI is InChI=1S/C17H20N4O2/c22-15-9-5-4-8-13(15)19-16-11-10-14(20-21-16)17(23)18-12-6-2-1-3-7-12/h1-3,6-7,10-11,13,15,22H,4-5,8-9H2,(H,18,23)(H,19,21)/t13-,15-/m0/s1. The average molecular weight is 312 g/mol. The van der Waals surface area contributed by atoms with Crippen LogP contribution < -0.4 is 10.6 Å². The summed E-state index contributed by atoms with van der Waals surface area (Å²) in [6, 6.07) is 12.6. The zero-order valence-electron chi connectivity index (χ0n) is 12.8. The molecule has 0 aliphatic heterocycles. The van der Waals surface area contributed by atoms with Crippen LogP contribution in [-0.2, 0) is 0 Å². The minimum Gasteiger partial charge on any atom is -0.391 e. The molecule has 1 fully saturated rings. The summed E-state index contributed by atoms with van der Waals surface area (Å²) in [5.74, 6) is 0.278. The zero-order chi connectivity index (χ0) is 16.1. The van der Waals surface area contributed by atoms with Gasteiger partial charge in [-0.25, -0.2) is 0 Å². The van der Waals surface area contributed by atoms with E-state index >= 15 is 0 Å². The van der Waals surface area contributed by atoms with Crippen molar-refractivity contribution in [2.45, 2.75) is 37.8 Å². The fraction of sp³-hybridized carbons (Fsp3) is 0.353. The first-order valence-corrected chi connectivity index (χ1v) is 7.87. The number of hydrogen-bond donors (Lipinski definition) is 3. The van der Waals surface area contributed by atoms with E-state index in [4.69, 9.17) is 0 Å². The number of para-hydroxylation sites is 1. The Labute approximate surface area is 135 Å². The summed E-state index contributed by atoms with van der Waals surface area (Å²) in [4.78, 5) is 12.1. The van der Waals surface area contributed by atoms with E-state index in [1.807, 2.05) is 30.3 Å². The van der Waals surface area contributed by atoms with Gasteiger partial charge in [0.25, 0.3) is 5.91 Å². The lowest BCUT2D eigenvalue weighted by Gasteiger charge is -2.28. The Morgan fingerprint density at radius 2 is 1.83 bits per heavy atom. The molecule has 0 unspecified atom stereocenters. The van der Waals surface area contributed by atoms with Crippen molar-refractivity contribution in [2.24, 2.45) is 0 Å². The summed E-state index contributed by atoms with van der Waals surface area (Å²) in [6.45, 7) is 0. The van der Waals surface area contributed by atoms with Crippen molar-refractivity contribution >= 4 is 17.4 Å². The number of carbonyl (C=O) groups excluding carboxylic acids is 1. The topological polar surface area (TPSA) is 87.1 Å². The van der Waals surface area contributed by atoms with Crippen LogP contribution in [0.4, 0.5) is 11.5 Å². The van der Waals surface area contributed by atoms with Crippen molar-refractivity contribution in [3.05, 3.63) is 48.2 Å². The van der Waals surface area contributed by atoms with Crippen molar-refractivity contribution < 1.29 is 9.90 Å². The molecule has 2 aromatic rings.